The van der Waals surface area contributed by atoms with Crippen LogP contribution in [0.25, 0.3) is 0 Å². The van der Waals surface area contributed by atoms with Crippen LogP contribution < -0.4 is 0 Å². The molecule has 0 unspecified atom stereocenters. The molecule has 1 fully saturated rings. The highest BCUT2D eigenvalue weighted by atomic mass is 32.2. The van der Waals surface area contributed by atoms with Crippen LogP contribution >= 0.6 is 0 Å². The first kappa shape index (κ1) is 17.4. The van der Waals surface area contributed by atoms with Crippen molar-refractivity contribution in [1.82, 2.24) is 9.21 Å². The molecule has 0 saturated carbocycles. The minimum Gasteiger partial charge on any atom is -0.302 e. The normalized spacial score (nSPS) is 19.1. The van der Waals surface area contributed by atoms with Crippen molar-refractivity contribution in [2.75, 3.05) is 32.7 Å². The number of hydrogen-bond donors (Lipinski definition) is 0. The maximum atomic E-state index is 12.8. The third kappa shape index (κ3) is 3.89. The summed E-state index contributed by atoms with van der Waals surface area (Å²) in [5, 5.41) is 0. The number of hydrogen-bond acceptors (Lipinski definition) is 3. The molecule has 1 aromatic rings. The third-order valence-corrected chi connectivity index (χ3v) is 6.27. The van der Waals surface area contributed by atoms with Crippen molar-refractivity contribution < 1.29 is 8.42 Å². The summed E-state index contributed by atoms with van der Waals surface area (Å²) >= 11 is 0. The molecular formula is C17H28N2O2S. The predicted molar refractivity (Wildman–Crippen MR) is 90.6 cm³/mol. The summed E-state index contributed by atoms with van der Waals surface area (Å²) in [6.45, 7) is 12.5. The monoisotopic (exact) mass is 324 g/mol. The summed E-state index contributed by atoms with van der Waals surface area (Å²) < 4.78 is 27.2. The molecule has 0 radical (unpaired) electrons. The van der Waals surface area contributed by atoms with Gasteiger partial charge in [0, 0.05) is 19.6 Å². The molecule has 0 N–H and O–H groups in total. The zero-order valence-corrected chi connectivity index (χ0v) is 15.0. The smallest absolute Gasteiger partial charge is 0.243 e. The highest BCUT2D eigenvalue weighted by Crippen LogP contribution is 2.25. The molecule has 1 heterocycles. The van der Waals surface area contributed by atoms with Gasteiger partial charge in [-0.3, -0.25) is 0 Å². The van der Waals surface area contributed by atoms with E-state index in [1.54, 1.807) is 16.4 Å². The third-order valence-electron chi connectivity index (χ3n) is 4.35. The van der Waals surface area contributed by atoms with Crippen molar-refractivity contribution >= 4 is 10.0 Å². The van der Waals surface area contributed by atoms with Gasteiger partial charge >= 0.3 is 0 Å². The summed E-state index contributed by atoms with van der Waals surface area (Å²) in [6, 6.07) is 7.36. The standard InChI is InChI=1S/C17H28N2O2S/c1-5-18-11-6-12-19(14-13-18)22(20,21)16-9-7-15(8-10-16)17(2,3)4/h7-10H,5-6,11-14H2,1-4H3. The summed E-state index contributed by atoms with van der Waals surface area (Å²) in [7, 11) is -3.37. The molecule has 0 atom stereocenters. The molecule has 4 nitrogen and oxygen atoms in total. The molecule has 0 aliphatic carbocycles. The van der Waals surface area contributed by atoms with E-state index in [4.69, 9.17) is 0 Å². The Bertz CT molecular complexity index is 588. The van der Waals surface area contributed by atoms with Crippen LogP contribution in [0, 0.1) is 0 Å². The number of rotatable bonds is 3. The van der Waals surface area contributed by atoms with Gasteiger partial charge in [-0.25, -0.2) is 8.42 Å². The minimum atomic E-state index is -3.37. The number of benzene rings is 1. The Morgan fingerprint density at radius 1 is 1.00 bits per heavy atom. The van der Waals surface area contributed by atoms with Gasteiger partial charge in [-0.05, 0) is 42.6 Å². The van der Waals surface area contributed by atoms with E-state index in [0.29, 0.717) is 18.0 Å². The van der Waals surface area contributed by atoms with Crippen LogP contribution in [0.1, 0.15) is 39.7 Å². The average Bonchev–Trinajstić information content (AvgIpc) is 2.72. The average molecular weight is 324 g/mol. The van der Waals surface area contributed by atoms with Gasteiger partial charge in [-0.15, -0.1) is 0 Å². The Morgan fingerprint density at radius 2 is 1.64 bits per heavy atom. The van der Waals surface area contributed by atoms with Crippen LogP contribution in [-0.4, -0.2) is 50.3 Å². The molecule has 1 aliphatic heterocycles. The van der Waals surface area contributed by atoms with Crippen LogP contribution in [0.15, 0.2) is 29.2 Å². The van der Waals surface area contributed by atoms with E-state index in [-0.39, 0.29) is 5.41 Å². The summed E-state index contributed by atoms with van der Waals surface area (Å²) in [6.07, 6.45) is 0.896. The zero-order chi connectivity index (χ0) is 16.4. The van der Waals surface area contributed by atoms with Crippen molar-refractivity contribution in [3.63, 3.8) is 0 Å². The van der Waals surface area contributed by atoms with Gasteiger partial charge < -0.3 is 4.90 Å². The van der Waals surface area contributed by atoms with Crippen molar-refractivity contribution in [2.24, 2.45) is 0 Å². The Labute approximate surface area is 135 Å². The summed E-state index contributed by atoms with van der Waals surface area (Å²) in [5.74, 6) is 0. The Morgan fingerprint density at radius 3 is 2.18 bits per heavy atom. The van der Waals surface area contributed by atoms with Crippen LogP contribution in [0.2, 0.25) is 0 Å². The molecule has 1 aromatic carbocycles. The van der Waals surface area contributed by atoms with Crippen LogP contribution in [0.5, 0.6) is 0 Å². The molecule has 0 spiro atoms. The first-order chi connectivity index (χ1) is 10.2. The summed E-state index contributed by atoms with van der Waals surface area (Å²) in [4.78, 5) is 2.71. The Kier molecular flexibility index (Phi) is 5.30. The van der Waals surface area contributed by atoms with Crippen LogP contribution in [0.4, 0.5) is 0 Å². The lowest BCUT2D eigenvalue weighted by atomic mass is 9.87. The lowest BCUT2D eigenvalue weighted by Crippen LogP contribution is -2.35. The van der Waals surface area contributed by atoms with E-state index in [1.165, 1.54) is 0 Å². The summed E-state index contributed by atoms with van der Waals surface area (Å²) in [5.41, 5.74) is 1.19. The molecule has 0 bridgehead atoms. The van der Waals surface area contributed by atoms with E-state index in [9.17, 15) is 8.42 Å². The van der Waals surface area contributed by atoms with Gasteiger partial charge in [0.2, 0.25) is 10.0 Å². The van der Waals surface area contributed by atoms with Gasteiger partial charge in [-0.2, -0.15) is 4.31 Å². The first-order valence-corrected chi connectivity index (χ1v) is 9.52. The molecule has 1 aliphatic rings. The largest absolute Gasteiger partial charge is 0.302 e. The van der Waals surface area contributed by atoms with Gasteiger partial charge in [0.1, 0.15) is 0 Å². The molecule has 22 heavy (non-hydrogen) atoms. The number of nitrogens with zero attached hydrogens (tertiary/aromatic N) is 2. The van der Waals surface area contributed by atoms with Crippen LogP contribution in [0.3, 0.4) is 0 Å². The second kappa shape index (κ2) is 6.69. The highest BCUT2D eigenvalue weighted by Gasteiger charge is 2.27. The van der Waals surface area contributed by atoms with Gasteiger partial charge in [-0.1, -0.05) is 39.8 Å². The maximum Gasteiger partial charge on any atom is 0.243 e. The first-order valence-electron chi connectivity index (χ1n) is 8.08. The fourth-order valence-corrected chi connectivity index (χ4v) is 4.25. The number of sulfonamides is 1. The van der Waals surface area contributed by atoms with Gasteiger partial charge in [0.25, 0.3) is 0 Å². The van der Waals surface area contributed by atoms with Crippen molar-refractivity contribution in [1.29, 1.82) is 0 Å². The van der Waals surface area contributed by atoms with E-state index in [1.807, 2.05) is 12.1 Å². The highest BCUT2D eigenvalue weighted by molar-refractivity contribution is 7.89. The topological polar surface area (TPSA) is 40.6 Å². The van der Waals surface area contributed by atoms with Crippen LogP contribution in [-0.2, 0) is 15.4 Å². The molecule has 1 saturated heterocycles. The van der Waals surface area contributed by atoms with E-state index in [0.717, 1.165) is 31.6 Å². The molecule has 2 rings (SSSR count). The molecule has 0 aromatic heterocycles. The fourth-order valence-electron chi connectivity index (χ4n) is 2.78. The SMILES string of the molecule is CCN1CCCN(S(=O)(=O)c2ccc(C(C)(C)C)cc2)CC1. The lowest BCUT2D eigenvalue weighted by Gasteiger charge is -2.22. The quantitative estimate of drug-likeness (QED) is 0.858. The van der Waals surface area contributed by atoms with Crippen molar-refractivity contribution in [3.8, 4) is 0 Å². The Balaban J connectivity index is 2.19. The molecular weight excluding hydrogens is 296 g/mol. The molecule has 0 amide bonds. The van der Waals surface area contributed by atoms with E-state index < -0.39 is 10.0 Å². The second-order valence-corrected chi connectivity index (χ2v) is 8.90. The predicted octanol–water partition coefficient (Wildman–Crippen LogP) is 2.70. The number of likely N-dealkylation sites (N-methyl/N-ethyl adjacent to an activating group) is 1. The van der Waals surface area contributed by atoms with Crippen molar-refractivity contribution in [2.45, 2.75) is 44.4 Å². The molecule has 124 valence electrons. The lowest BCUT2D eigenvalue weighted by molar-refractivity contribution is 0.302. The minimum absolute atomic E-state index is 0.0342. The van der Waals surface area contributed by atoms with E-state index >= 15 is 0 Å². The zero-order valence-electron chi connectivity index (χ0n) is 14.2. The van der Waals surface area contributed by atoms with Crippen molar-refractivity contribution in [3.05, 3.63) is 29.8 Å². The second-order valence-electron chi connectivity index (χ2n) is 6.97. The molecule has 5 heteroatoms. The fraction of sp³-hybridized carbons (Fsp3) is 0.647. The van der Waals surface area contributed by atoms with Gasteiger partial charge in [0.15, 0.2) is 0 Å². The maximum absolute atomic E-state index is 12.8. The van der Waals surface area contributed by atoms with Gasteiger partial charge in [0.05, 0.1) is 4.90 Å². The van der Waals surface area contributed by atoms with E-state index in [2.05, 4.69) is 32.6 Å². The Hall–Kier alpha value is -0.910.